The Hall–Kier alpha value is -3.61. The Morgan fingerprint density at radius 3 is 2.50 bits per heavy atom. The lowest BCUT2D eigenvalue weighted by atomic mass is 10.1. The normalized spacial score (nSPS) is 10.5. The molecule has 0 bridgehead atoms. The third-order valence-corrected chi connectivity index (χ3v) is 3.93. The largest absolute Gasteiger partial charge is 0.478 e. The summed E-state index contributed by atoms with van der Waals surface area (Å²) in [7, 11) is 1.49. The number of nitrogens with zero attached hydrogens (tertiary/aromatic N) is 1. The van der Waals surface area contributed by atoms with E-state index >= 15 is 0 Å². The molecule has 0 radical (unpaired) electrons. The Morgan fingerprint density at radius 1 is 1.12 bits per heavy atom. The molecule has 0 atom stereocenters. The van der Waals surface area contributed by atoms with Gasteiger partial charge in [-0.3, -0.25) is 9.36 Å². The highest BCUT2D eigenvalue weighted by Gasteiger charge is 2.20. The van der Waals surface area contributed by atoms with Crippen LogP contribution in [0.5, 0.6) is 0 Å². The van der Waals surface area contributed by atoms with Crippen molar-refractivity contribution < 1.29 is 24.2 Å². The molecule has 0 spiro atoms. The molecule has 1 heterocycles. The van der Waals surface area contributed by atoms with E-state index in [4.69, 9.17) is 4.74 Å². The van der Waals surface area contributed by atoms with E-state index in [-0.39, 0.29) is 18.1 Å². The predicted molar refractivity (Wildman–Crippen MR) is 94.3 cm³/mol. The van der Waals surface area contributed by atoms with Gasteiger partial charge in [-0.15, -0.1) is 0 Å². The summed E-state index contributed by atoms with van der Waals surface area (Å²) in [5.41, 5.74) is 1.37. The van der Waals surface area contributed by atoms with Gasteiger partial charge in [-0.2, -0.15) is 0 Å². The van der Waals surface area contributed by atoms with Crippen molar-refractivity contribution in [3.63, 3.8) is 0 Å². The maximum Gasteiger partial charge on any atom is 0.418 e. The van der Waals surface area contributed by atoms with Crippen LogP contribution in [0.25, 0.3) is 10.9 Å². The average Bonchev–Trinajstić information content (AvgIpc) is 3.05. The maximum absolute atomic E-state index is 12.5. The number of ether oxygens (including phenoxy) is 1. The van der Waals surface area contributed by atoms with Crippen LogP contribution >= 0.6 is 0 Å². The summed E-state index contributed by atoms with van der Waals surface area (Å²) in [6.45, 7) is 0.0525. The lowest BCUT2D eigenvalue weighted by molar-refractivity contribution is 0.0698. The summed E-state index contributed by atoms with van der Waals surface area (Å²) in [5, 5.41) is 12.2. The number of carboxylic acid groups (broad SMARTS) is 1. The van der Waals surface area contributed by atoms with Crippen LogP contribution in [0.15, 0.2) is 54.7 Å². The molecule has 2 N–H and O–H groups in total. The summed E-state index contributed by atoms with van der Waals surface area (Å²) in [6, 6.07) is 13.6. The van der Waals surface area contributed by atoms with Crippen LogP contribution in [-0.2, 0) is 11.3 Å². The van der Waals surface area contributed by atoms with E-state index in [0.29, 0.717) is 16.5 Å². The fourth-order valence-corrected chi connectivity index (χ4v) is 2.62. The number of nitrogens with one attached hydrogen (secondary N) is 1. The van der Waals surface area contributed by atoms with Gasteiger partial charge in [-0.1, -0.05) is 36.4 Å². The number of carboxylic acids is 1. The van der Waals surface area contributed by atoms with Gasteiger partial charge in [0.25, 0.3) is 5.91 Å². The first-order chi connectivity index (χ1) is 12.5. The Labute approximate surface area is 148 Å². The molecule has 1 aromatic heterocycles. The predicted octanol–water partition coefficient (Wildman–Crippen LogP) is 2.88. The lowest BCUT2D eigenvalue weighted by Gasteiger charge is -2.07. The van der Waals surface area contributed by atoms with Gasteiger partial charge in [0.15, 0.2) is 0 Å². The van der Waals surface area contributed by atoms with Gasteiger partial charge < -0.3 is 15.2 Å². The Bertz CT molecular complexity index is 992. The zero-order valence-electron chi connectivity index (χ0n) is 13.9. The van der Waals surface area contributed by atoms with Crippen LogP contribution in [0.3, 0.4) is 0 Å². The molecule has 132 valence electrons. The topological polar surface area (TPSA) is 97.6 Å². The van der Waals surface area contributed by atoms with Gasteiger partial charge in [-0.25, -0.2) is 9.59 Å². The van der Waals surface area contributed by atoms with Crippen LogP contribution in [0, 0.1) is 0 Å². The first-order valence-corrected chi connectivity index (χ1v) is 7.83. The van der Waals surface area contributed by atoms with Gasteiger partial charge in [0.1, 0.15) is 6.61 Å². The molecule has 0 aliphatic rings. The highest BCUT2D eigenvalue weighted by molar-refractivity contribution is 6.08. The molecule has 0 aliphatic heterocycles. The monoisotopic (exact) mass is 352 g/mol. The fourth-order valence-electron chi connectivity index (χ4n) is 2.62. The molecule has 7 heteroatoms. The second-order valence-electron chi connectivity index (χ2n) is 5.57. The third kappa shape index (κ3) is 3.27. The molecule has 3 rings (SSSR count). The SMILES string of the molecule is CNC(=O)c1ccc2c(C(=O)O)cn(C(=O)OCc3ccccc3)c2c1. The summed E-state index contributed by atoms with van der Waals surface area (Å²) in [6.07, 6.45) is 0.480. The molecule has 0 fully saturated rings. The van der Waals surface area contributed by atoms with Crippen LogP contribution in [0.1, 0.15) is 26.3 Å². The fraction of sp³-hybridized carbons (Fsp3) is 0.105. The van der Waals surface area contributed by atoms with Crippen molar-refractivity contribution in [1.29, 1.82) is 0 Å². The van der Waals surface area contributed by atoms with E-state index in [9.17, 15) is 19.5 Å². The summed E-state index contributed by atoms with van der Waals surface area (Å²) in [4.78, 5) is 35.8. The van der Waals surface area contributed by atoms with Crippen molar-refractivity contribution in [3.05, 3.63) is 71.4 Å². The zero-order chi connectivity index (χ0) is 18.7. The van der Waals surface area contributed by atoms with Gasteiger partial charge in [-0.05, 0) is 17.7 Å². The zero-order valence-corrected chi connectivity index (χ0v) is 13.9. The minimum atomic E-state index is -1.17. The Morgan fingerprint density at radius 2 is 1.85 bits per heavy atom. The summed E-state index contributed by atoms with van der Waals surface area (Å²) < 4.78 is 6.38. The minimum absolute atomic E-state index is 0.0416. The molecule has 0 saturated heterocycles. The number of hydrogen-bond donors (Lipinski definition) is 2. The number of aromatic carboxylic acids is 1. The first-order valence-electron chi connectivity index (χ1n) is 7.83. The van der Waals surface area contributed by atoms with Gasteiger partial charge >= 0.3 is 12.1 Å². The molecular weight excluding hydrogens is 336 g/mol. The van der Waals surface area contributed by atoms with Crippen molar-refractivity contribution in [2.75, 3.05) is 7.05 Å². The molecule has 2 aromatic carbocycles. The van der Waals surface area contributed by atoms with E-state index < -0.39 is 12.1 Å². The van der Waals surface area contributed by atoms with Gasteiger partial charge in [0, 0.05) is 24.2 Å². The van der Waals surface area contributed by atoms with Crippen LogP contribution < -0.4 is 5.32 Å². The van der Waals surface area contributed by atoms with Crippen LogP contribution in [0.2, 0.25) is 0 Å². The number of amides is 1. The molecule has 7 nitrogen and oxygen atoms in total. The van der Waals surface area contributed by atoms with Crippen molar-refractivity contribution in [3.8, 4) is 0 Å². The summed E-state index contributed by atoms with van der Waals surface area (Å²) in [5.74, 6) is -1.51. The highest BCUT2D eigenvalue weighted by Crippen LogP contribution is 2.23. The van der Waals surface area contributed by atoms with E-state index in [1.807, 2.05) is 30.3 Å². The van der Waals surface area contributed by atoms with E-state index in [2.05, 4.69) is 5.32 Å². The van der Waals surface area contributed by atoms with Crippen molar-refractivity contribution in [2.24, 2.45) is 0 Å². The Balaban J connectivity index is 1.98. The third-order valence-electron chi connectivity index (χ3n) is 3.93. The van der Waals surface area contributed by atoms with Crippen LogP contribution in [-0.4, -0.2) is 34.7 Å². The molecule has 0 saturated carbocycles. The standard InChI is InChI=1S/C19H16N2O5/c1-20-17(22)13-7-8-14-15(18(23)24)10-21(16(14)9-13)19(25)26-11-12-5-3-2-4-6-12/h2-10H,11H2,1H3,(H,20,22)(H,23,24). The highest BCUT2D eigenvalue weighted by atomic mass is 16.5. The lowest BCUT2D eigenvalue weighted by Crippen LogP contribution is -2.18. The molecule has 3 aromatic rings. The number of benzene rings is 2. The minimum Gasteiger partial charge on any atom is -0.478 e. The molecule has 26 heavy (non-hydrogen) atoms. The Kier molecular flexibility index (Phi) is 4.70. The van der Waals surface area contributed by atoms with Gasteiger partial charge in [0.05, 0.1) is 11.1 Å². The molecule has 0 unspecified atom stereocenters. The number of carbonyl (C=O) groups is 3. The number of hydrogen-bond acceptors (Lipinski definition) is 4. The van der Waals surface area contributed by atoms with Gasteiger partial charge in [0.2, 0.25) is 0 Å². The smallest absolute Gasteiger partial charge is 0.418 e. The summed E-state index contributed by atoms with van der Waals surface area (Å²) >= 11 is 0. The van der Waals surface area contributed by atoms with Crippen molar-refractivity contribution in [1.82, 2.24) is 9.88 Å². The maximum atomic E-state index is 12.5. The number of aromatic nitrogens is 1. The second-order valence-corrected chi connectivity index (χ2v) is 5.57. The average molecular weight is 352 g/mol. The van der Waals surface area contributed by atoms with E-state index in [0.717, 1.165) is 10.1 Å². The van der Waals surface area contributed by atoms with Crippen molar-refractivity contribution >= 4 is 28.9 Å². The quantitative estimate of drug-likeness (QED) is 0.752. The van der Waals surface area contributed by atoms with E-state index in [1.54, 1.807) is 0 Å². The van der Waals surface area contributed by atoms with Crippen molar-refractivity contribution in [2.45, 2.75) is 6.61 Å². The second kappa shape index (κ2) is 7.10. The molecule has 0 aliphatic carbocycles. The van der Waals surface area contributed by atoms with Crippen LogP contribution in [0.4, 0.5) is 4.79 Å². The number of rotatable bonds is 4. The molecule has 1 amide bonds. The number of fused-ring (bicyclic) bond motifs is 1. The number of carbonyl (C=O) groups excluding carboxylic acids is 2. The first kappa shape index (κ1) is 17.2. The van der Waals surface area contributed by atoms with E-state index in [1.165, 1.54) is 31.4 Å². The molecular formula is C19H16N2O5.